The molecule has 0 saturated heterocycles. The third-order valence-electron chi connectivity index (χ3n) is 4.01. The maximum atomic E-state index is 12.8. The Hall–Kier alpha value is -2.93. The number of nitrogens with one attached hydrogen (secondary N) is 1. The number of hydrogen-bond donors (Lipinski definition) is 1. The second-order valence-corrected chi connectivity index (χ2v) is 6.73. The van der Waals surface area contributed by atoms with Crippen molar-refractivity contribution in [2.75, 3.05) is 0 Å². The molecule has 4 rings (SSSR count). The monoisotopic (exact) mass is 353 g/mol. The Morgan fingerprint density at radius 3 is 2.92 bits per heavy atom. The fraction of sp³-hybridized carbons (Fsp3) is 0.167. The molecule has 7 heteroatoms. The van der Waals surface area contributed by atoms with Crippen LogP contribution in [0.2, 0.25) is 0 Å². The molecule has 0 aliphatic carbocycles. The van der Waals surface area contributed by atoms with E-state index in [0.29, 0.717) is 21.8 Å². The van der Waals surface area contributed by atoms with Crippen molar-refractivity contribution in [1.82, 2.24) is 14.9 Å². The molecule has 3 heterocycles. The molecule has 0 bridgehead atoms. The molecule has 25 heavy (non-hydrogen) atoms. The van der Waals surface area contributed by atoms with Gasteiger partial charge in [0.2, 0.25) is 5.91 Å². The first-order chi connectivity index (χ1) is 12.1. The molecule has 0 spiro atoms. The number of amides is 1. The molecule has 0 radical (unpaired) electrons. The highest BCUT2D eigenvalue weighted by Crippen LogP contribution is 2.30. The Morgan fingerprint density at radius 1 is 1.28 bits per heavy atom. The molecule has 0 saturated carbocycles. The number of nitrogens with zero attached hydrogens (tertiary/aromatic N) is 2. The Kier molecular flexibility index (Phi) is 3.85. The number of benzene rings is 1. The maximum Gasteiger partial charge on any atom is 0.272 e. The molecular formula is C18H15N3O3S. The van der Waals surface area contributed by atoms with Crippen LogP contribution in [0.1, 0.15) is 11.6 Å². The van der Waals surface area contributed by atoms with Crippen LogP contribution in [-0.4, -0.2) is 15.5 Å². The second-order valence-electron chi connectivity index (χ2n) is 5.68. The SMILES string of the molecule is Cc1nc2c(sc3ccccc32)c(=O)n1CC(=O)NCc1ccco1. The van der Waals surface area contributed by atoms with Gasteiger partial charge in [0.05, 0.1) is 18.3 Å². The summed E-state index contributed by atoms with van der Waals surface area (Å²) in [6, 6.07) is 11.3. The first-order valence-electron chi connectivity index (χ1n) is 7.81. The van der Waals surface area contributed by atoms with Crippen molar-refractivity contribution in [3.05, 3.63) is 64.6 Å². The molecule has 0 aliphatic rings. The lowest BCUT2D eigenvalue weighted by Gasteiger charge is -2.09. The van der Waals surface area contributed by atoms with Gasteiger partial charge in [0.25, 0.3) is 5.56 Å². The van der Waals surface area contributed by atoms with Gasteiger partial charge in [0, 0.05) is 10.1 Å². The van der Waals surface area contributed by atoms with Crippen molar-refractivity contribution >= 4 is 37.5 Å². The minimum Gasteiger partial charge on any atom is -0.467 e. The van der Waals surface area contributed by atoms with Gasteiger partial charge in [-0.25, -0.2) is 4.98 Å². The van der Waals surface area contributed by atoms with E-state index in [9.17, 15) is 9.59 Å². The van der Waals surface area contributed by atoms with Crippen LogP contribution in [0, 0.1) is 6.92 Å². The molecule has 0 fully saturated rings. The predicted molar refractivity (Wildman–Crippen MR) is 96.7 cm³/mol. The molecule has 126 valence electrons. The highest BCUT2D eigenvalue weighted by Gasteiger charge is 2.15. The molecule has 1 aromatic carbocycles. The summed E-state index contributed by atoms with van der Waals surface area (Å²) in [5.41, 5.74) is 0.521. The summed E-state index contributed by atoms with van der Waals surface area (Å²) >= 11 is 1.41. The number of hydrogen-bond acceptors (Lipinski definition) is 5. The topological polar surface area (TPSA) is 77.1 Å². The molecule has 0 aliphatic heterocycles. The first-order valence-corrected chi connectivity index (χ1v) is 8.63. The lowest BCUT2D eigenvalue weighted by atomic mass is 10.2. The van der Waals surface area contributed by atoms with Crippen LogP contribution in [0.4, 0.5) is 0 Å². The quantitative estimate of drug-likeness (QED) is 0.612. The van der Waals surface area contributed by atoms with Crippen molar-refractivity contribution in [3.8, 4) is 0 Å². The van der Waals surface area contributed by atoms with Gasteiger partial charge in [-0.05, 0) is 25.1 Å². The zero-order chi connectivity index (χ0) is 17.4. The third kappa shape index (κ3) is 2.83. The fourth-order valence-electron chi connectivity index (χ4n) is 2.76. The Balaban J connectivity index is 1.66. The fourth-order valence-corrected chi connectivity index (χ4v) is 3.86. The molecule has 4 aromatic rings. The van der Waals surface area contributed by atoms with Gasteiger partial charge in [-0.3, -0.25) is 14.2 Å². The van der Waals surface area contributed by atoms with Crippen molar-refractivity contribution < 1.29 is 9.21 Å². The lowest BCUT2D eigenvalue weighted by Crippen LogP contribution is -2.33. The van der Waals surface area contributed by atoms with Gasteiger partial charge in [0.15, 0.2) is 0 Å². The summed E-state index contributed by atoms with van der Waals surface area (Å²) in [5.74, 6) is 0.925. The van der Waals surface area contributed by atoms with Crippen molar-refractivity contribution in [2.45, 2.75) is 20.0 Å². The van der Waals surface area contributed by atoms with Gasteiger partial charge in [-0.2, -0.15) is 0 Å². The first kappa shape index (κ1) is 15.6. The van der Waals surface area contributed by atoms with Crippen LogP contribution in [0.5, 0.6) is 0 Å². The van der Waals surface area contributed by atoms with Crippen LogP contribution < -0.4 is 10.9 Å². The van der Waals surface area contributed by atoms with Gasteiger partial charge in [0.1, 0.15) is 22.8 Å². The van der Waals surface area contributed by atoms with Crippen LogP contribution in [0.15, 0.2) is 51.9 Å². The van der Waals surface area contributed by atoms with Gasteiger partial charge in [-0.15, -0.1) is 11.3 Å². The van der Waals surface area contributed by atoms with E-state index in [1.54, 1.807) is 25.3 Å². The number of furan rings is 1. The molecule has 6 nitrogen and oxygen atoms in total. The van der Waals surface area contributed by atoms with E-state index < -0.39 is 0 Å². The molecular weight excluding hydrogens is 338 g/mol. The minimum atomic E-state index is -0.260. The Labute approximate surface area is 146 Å². The Morgan fingerprint density at radius 2 is 2.12 bits per heavy atom. The maximum absolute atomic E-state index is 12.8. The van der Waals surface area contributed by atoms with E-state index in [4.69, 9.17) is 4.42 Å². The summed E-state index contributed by atoms with van der Waals surface area (Å²) in [6.45, 7) is 1.97. The lowest BCUT2D eigenvalue weighted by molar-refractivity contribution is -0.122. The summed E-state index contributed by atoms with van der Waals surface area (Å²) in [7, 11) is 0. The van der Waals surface area contributed by atoms with E-state index in [1.165, 1.54) is 15.9 Å². The number of fused-ring (bicyclic) bond motifs is 3. The van der Waals surface area contributed by atoms with E-state index in [2.05, 4.69) is 10.3 Å². The highest BCUT2D eigenvalue weighted by molar-refractivity contribution is 7.25. The van der Waals surface area contributed by atoms with Crippen LogP contribution in [0.3, 0.4) is 0 Å². The van der Waals surface area contributed by atoms with E-state index >= 15 is 0 Å². The summed E-state index contributed by atoms with van der Waals surface area (Å²) in [6.07, 6.45) is 1.55. The number of aromatic nitrogens is 2. The summed E-state index contributed by atoms with van der Waals surface area (Å²) in [4.78, 5) is 29.6. The normalized spacial score (nSPS) is 11.2. The molecule has 3 aromatic heterocycles. The average molecular weight is 353 g/mol. The smallest absolute Gasteiger partial charge is 0.272 e. The van der Waals surface area contributed by atoms with E-state index in [0.717, 1.165) is 10.1 Å². The zero-order valence-electron chi connectivity index (χ0n) is 13.5. The standard InChI is InChI=1S/C18H15N3O3S/c1-11-20-16-13-6-2-3-7-14(13)25-17(16)18(23)21(11)10-15(22)19-9-12-5-4-8-24-12/h2-8H,9-10H2,1H3,(H,19,22). The number of carbonyl (C=O) groups is 1. The number of aryl methyl sites for hydroxylation is 1. The van der Waals surface area contributed by atoms with E-state index in [1.807, 2.05) is 24.3 Å². The molecule has 0 unspecified atom stereocenters. The number of rotatable bonds is 4. The largest absolute Gasteiger partial charge is 0.467 e. The van der Waals surface area contributed by atoms with Crippen LogP contribution in [0.25, 0.3) is 20.3 Å². The van der Waals surface area contributed by atoms with Gasteiger partial charge >= 0.3 is 0 Å². The average Bonchev–Trinajstić information content (AvgIpc) is 3.25. The van der Waals surface area contributed by atoms with Crippen molar-refractivity contribution in [2.24, 2.45) is 0 Å². The van der Waals surface area contributed by atoms with Crippen LogP contribution >= 0.6 is 11.3 Å². The predicted octanol–water partition coefficient (Wildman–Crippen LogP) is 2.83. The molecule has 1 N–H and O–H groups in total. The minimum absolute atomic E-state index is 0.0669. The van der Waals surface area contributed by atoms with Crippen molar-refractivity contribution in [1.29, 1.82) is 0 Å². The molecule has 1 amide bonds. The van der Waals surface area contributed by atoms with Crippen molar-refractivity contribution in [3.63, 3.8) is 0 Å². The molecule has 0 atom stereocenters. The zero-order valence-corrected chi connectivity index (χ0v) is 14.3. The summed E-state index contributed by atoms with van der Waals surface area (Å²) < 4.78 is 8.18. The van der Waals surface area contributed by atoms with E-state index in [-0.39, 0.29) is 24.6 Å². The Bertz CT molecular complexity index is 1130. The summed E-state index contributed by atoms with van der Waals surface area (Å²) in [5, 5.41) is 3.72. The van der Waals surface area contributed by atoms with Gasteiger partial charge < -0.3 is 9.73 Å². The van der Waals surface area contributed by atoms with Crippen LogP contribution in [-0.2, 0) is 17.9 Å². The second kappa shape index (κ2) is 6.18. The third-order valence-corrected chi connectivity index (χ3v) is 5.16. The number of carbonyl (C=O) groups excluding carboxylic acids is 1. The van der Waals surface area contributed by atoms with Gasteiger partial charge in [-0.1, -0.05) is 18.2 Å². The number of thiophene rings is 1. The highest BCUT2D eigenvalue weighted by atomic mass is 32.1.